The summed E-state index contributed by atoms with van der Waals surface area (Å²) in [6, 6.07) is 3.84. The van der Waals surface area contributed by atoms with Gasteiger partial charge >= 0.3 is 0 Å². The average Bonchev–Trinajstić information content (AvgIpc) is 2.20. The third-order valence-corrected chi connectivity index (χ3v) is 2.88. The molecule has 0 N–H and O–H groups in total. The molecular weight excluding hydrogens is 184 g/mol. The van der Waals surface area contributed by atoms with E-state index in [0.717, 1.165) is 5.69 Å². The van der Waals surface area contributed by atoms with Crippen LogP contribution < -0.4 is 0 Å². The first kappa shape index (κ1) is 8.95. The minimum atomic E-state index is 0.486. The lowest BCUT2D eigenvalue weighted by Gasteiger charge is -2.20. The smallest absolute Gasteiger partial charge is 0.151 e. The van der Waals surface area contributed by atoms with Crippen LogP contribution in [-0.2, 0) is 0 Å². The summed E-state index contributed by atoms with van der Waals surface area (Å²) in [7, 11) is 0. The molecule has 0 amide bonds. The van der Waals surface area contributed by atoms with Gasteiger partial charge in [0.15, 0.2) is 5.15 Å². The van der Waals surface area contributed by atoms with E-state index in [9.17, 15) is 0 Å². The molecule has 0 aromatic carbocycles. The second-order valence-electron chi connectivity index (χ2n) is 3.62. The number of rotatable bonds is 1. The van der Waals surface area contributed by atoms with Gasteiger partial charge < -0.3 is 0 Å². The Hall–Kier alpha value is -0.630. The van der Waals surface area contributed by atoms with E-state index in [1.54, 1.807) is 0 Å². The van der Waals surface area contributed by atoms with Gasteiger partial charge in [0.25, 0.3) is 0 Å². The van der Waals surface area contributed by atoms with E-state index in [1.807, 2.05) is 12.1 Å². The van der Waals surface area contributed by atoms with E-state index in [1.165, 1.54) is 32.1 Å². The average molecular weight is 197 g/mol. The van der Waals surface area contributed by atoms with Crippen molar-refractivity contribution >= 4 is 11.6 Å². The summed E-state index contributed by atoms with van der Waals surface area (Å²) in [5.41, 5.74) is 1.11. The van der Waals surface area contributed by atoms with Gasteiger partial charge in [-0.25, -0.2) is 0 Å². The van der Waals surface area contributed by atoms with E-state index in [2.05, 4.69) is 10.2 Å². The molecular formula is C10H13ClN2. The highest BCUT2D eigenvalue weighted by Crippen LogP contribution is 2.31. The maximum atomic E-state index is 5.68. The topological polar surface area (TPSA) is 25.8 Å². The van der Waals surface area contributed by atoms with Crippen LogP contribution in [0.3, 0.4) is 0 Å². The van der Waals surface area contributed by atoms with Gasteiger partial charge in [-0.05, 0) is 25.0 Å². The predicted octanol–water partition coefficient (Wildman–Crippen LogP) is 3.18. The quantitative estimate of drug-likeness (QED) is 0.690. The molecule has 2 rings (SSSR count). The van der Waals surface area contributed by atoms with Gasteiger partial charge in [0.1, 0.15) is 0 Å². The molecule has 0 bridgehead atoms. The fourth-order valence-corrected chi connectivity index (χ4v) is 2.04. The molecule has 1 aromatic heterocycles. The second-order valence-corrected chi connectivity index (χ2v) is 4.00. The van der Waals surface area contributed by atoms with Crippen LogP contribution in [0.2, 0.25) is 5.15 Å². The molecule has 1 aliphatic carbocycles. The zero-order valence-electron chi connectivity index (χ0n) is 7.54. The van der Waals surface area contributed by atoms with E-state index in [4.69, 9.17) is 11.6 Å². The summed E-state index contributed by atoms with van der Waals surface area (Å²) in [5.74, 6) is 0.624. The van der Waals surface area contributed by atoms with Crippen LogP contribution in [0.15, 0.2) is 12.1 Å². The fourth-order valence-electron chi connectivity index (χ4n) is 1.94. The molecule has 2 nitrogen and oxygen atoms in total. The highest BCUT2D eigenvalue weighted by atomic mass is 35.5. The number of halogens is 1. The van der Waals surface area contributed by atoms with Crippen LogP contribution >= 0.6 is 11.6 Å². The lowest BCUT2D eigenvalue weighted by molar-refractivity contribution is 0.434. The maximum Gasteiger partial charge on any atom is 0.151 e. The molecule has 3 heteroatoms. The van der Waals surface area contributed by atoms with Gasteiger partial charge in [-0.1, -0.05) is 30.9 Å². The van der Waals surface area contributed by atoms with Gasteiger partial charge in [0, 0.05) is 5.92 Å². The highest BCUT2D eigenvalue weighted by Gasteiger charge is 2.16. The summed E-state index contributed by atoms with van der Waals surface area (Å²) in [6.07, 6.45) is 6.55. The molecule has 1 fully saturated rings. The summed E-state index contributed by atoms with van der Waals surface area (Å²) < 4.78 is 0. The Morgan fingerprint density at radius 1 is 1.08 bits per heavy atom. The van der Waals surface area contributed by atoms with Gasteiger partial charge in [-0.15, -0.1) is 5.10 Å². The van der Waals surface area contributed by atoms with E-state index in [0.29, 0.717) is 11.1 Å². The summed E-state index contributed by atoms with van der Waals surface area (Å²) >= 11 is 5.68. The first-order valence-corrected chi connectivity index (χ1v) is 5.23. The van der Waals surface area contributed by atoms with Crippen LogP contribution in [-0.4, -0.2) is 10.2 Å². The lowest BCUT2D eigenvalue weighted by Crippen LogP contribution is -2.06. The Morgan fingerprint density at radius 3 is 2.46 bits per heavy atom. The number of hydrogen-bond donors (Lipinski definition) is 0. The Labute approximate surface area is 83.3 Å². The Morgan fingerprint density at radius 2 is 1.85 bits per heavy atom. The number of nitrogens with zero attached hydrogens (tertiary/aromatic N) is 2. The van der Waals surface area contributed by atoms with Gasteiger partial charge in [0.2, 0.25) is 0 Å². The fraction of sp³-hybridized carbons (Fsp3) is 0.600. The molecule has 1 aliphatic rings. The maximum absolute atomic E-state index is 5.68. The molecule has 13 heavy (non-hydrogen) atoms. The molecule has 1 heterocycles. The summed E-state index contributed by atoms with van der Waals surface area (Å²) in [4.78, 5) is 0. The van der Waals surface area contributed by atoms with Crippen LogP contribution in [0.25, 0.3) is 0 Å². The summed E-state index contributed by atoms with van der Waals surface area (Å²) in [5, 5.41) is 8.48. The van der Waals surface area contributed by atoms with E-state index in [-0.39, 0.29) is 0 Å². The molecule has 1 saturated carbocycles. The van der Waals surface area contributed by atoms with Crippen molar-refractivity contribution in [3.63, 3.8) is 0 Å². The van der Waals surface area contributed by atoms with Crippen molar-refractivity contribution in [3.05, 3.63) is 23.0 Å². The van der Waals surface area contributed by atoms with Crippen LogP contribution in [0.1, 0.15) is 43.7 Å². The Balaban J connectivity index is 2.10. The second kappa shape index (κ2) is 4.05. The molecule has 1 aromatic rings. The van der Waals surface area contributed by atoms with Gasteiger partial charge in [-0.2, -0.15) is 5.10 Å². The SMILES string of the molecule is Clc1ccc(C2CCCCC2)nn1. The standard InChI is InChI=1S/C10H13ClN2/c11-10-7-6-9(12-13-10)8-4-2-1-3-5-8/h6-8H,1-5H2. The third-order valence-electron chi connectivity index (χ3n) is 2.68. The van der Waals surface area contributed by atoms with Crippen molar-refractivity contribution in [2.45, 2.75) is 38.0 Å². The predicted molar refractivity (Wildman–Crippen MR) is 52.9 cm³/mol. The van der Waals surface area contributed by atoms with Crippen molar-refractivity contribution in [1.29, 1.82) is 0 Å². The molecule has 0 unspecified atom stereocenters. The normalized spacial score (nSPS) is 18.8. The van der Waals surface area contributed by atoms with E-state index >= 15 is 0 Å². The Kier molecular flexibility index (Phi) is 2.79. The van der Waals surface area contributed by atoms with Crippen LogP contribution in [0.4, 0.5) is 0 Å². The largest absolute Gasteiger partial charge is 0.154 e. The van der Waals surface area contributed by atoms with Gasteiger partial charge in [0.05, 0.1) is 5.69 Å². The van der Waals surface area contributed by atoms with Crippen molar-refractivity contribution in [2.75, 3.05) is 0 Å². The number of hydrogen-bond acceptors (Lipinski definition) is 2. The first-order chi connectivity index (χ1) is 6.36. The van der Waals surface area contributed by atoms with Crippen molar-refractivity contribution in [3.8, 4) is 0 Å². The highest BCUT2D eigenvalue weighted by molar-refractivity contribution is 6.29. The third kappa shape index (κ3) is 2.19. The molecule has 0 atom stereocenters. The minimum absolute atomic E-state index is 0.486. The van der Waals surface area contributed by atoms with Gasteiger partial charge in [-0.3, -0.25) is 0 Å². The molecule has 0 radical (unpaired) electrons. The van der Waals surface area contributed by atoms with E-state index < -0.39 is 0 Å². The zero-order valence-corrected chi connectivity index (χ0v) is 8.30. The zero-order chi connectivity index (χ0) is 9.10. The van der Waals surface area contributed by atoms with Crippen LogP contribution in [0.5, 0.6) is 0 Å². The minimum Gasteiger partial charge on any atom is -0.154 e. The molecule has 70 valence electrons. The van der Waals surface area contributed by atoms with Crippen LogP contribution in [0, 0.1) is 0 Å². The summed E-state index contributed by atoms with van der Waals surface area (Å²) in [6.45, 7) is 0. The Bertz CT molecular complexity index is 265. The molecule has 0 saturated heterocycles. The van der Waals surface area contributed by atoms with Crippen molar-refractivity contribution in [2.24, 2.45) is 0 Å². The van der Waals surface area contributed by atoms with Crippen molar-refractivity contribution in [1.82, 2.24) is 10.2 Å². The lowest BCUT2D eigenvalue weighted by atomic mass is 9.87. The van der Waals surface area contributed by atoms with Crippen molar-refractivity contribution < 1.29 is 0 Å². The number of aromatic nitrogens is 2. The molecule has 0 spiro atoms. The first-order valence-electron chi connectivity index (χ1n) is 4.85. The monoisotopic (exact) mass is 196 g/mol. The molecule has 0 aliphatic heterocycles.